The van der Waals surface area contributed by atoms with Gasteiger partial charge in [-0.2, -0.15) is 0 Å². The van der Waals surface area contributed by atoms with E-state index in [1.54, 1.807) is 0 Å². The molecule has 11 heteroatoms. The van der Waals surface area contributed by atoms with Gasteiger partial charge in [0, 0.05) is 37.0 Å². The summed E-state index contributed by atoms with van der Waals surface area (Å²) in [6.07, 6.45) is 1.50. The van der Waals surface area contributed by atoms with E-state index in [9.17, 15) is 14.4 Å². The van der Waals surface area contributed by atoms with Crippen molar-refractivity contribution in [2.75, 3.05) is 5.12 Å². The molecule has 0 spiro atoms. The minimum Gasteiger partial charge on any atom is -1.00 e. The first-order valence-corrected chi connectivity index (χ1v) is 12.2. The van der Waals surface area contributed by atoms with Crippen molar-refractivity contribution in [3.63, 3.8) is 0 Å². The molecule has 1 aliphatic rings. The lowest BCUT2D eigenvalue weighted by Crippen LogP contribution is -3.10. The number of benzene rings is 3. The van der Waals surface area contributed by atoms with Crippen molar-refractivity contribution in [2.24, 2.45) is 5.10 Å². The fourth-order valence-electron chi connectivity index (χ4n) is 4.06. The van der Waals surface area contributed by atoms with E-state index in [0.29, 0.717) is 30.2 Å². The molecule has 1 heterocycles. The molecule has 10 nitrogen and oxygen atoms in total. The first kappa shape index (κ1) is 29.6. The number of aryl methyl sites for hydroxylation is 3. The van der Waals surface area contributed by atoms with Gasteiger partial charge in [-0.25, -0.2) is 5.43 Å². The Hall–Kier alpha value is -3.97. The first-order chi connectivity index (χ1) is 18.3. The molecule has 39 heavy (non-hydrogen) atoms. The number of aliphatic carboxylic acids is 3. The Morgan fingerprint density at radius 3 is 1.51 bits per heavy atom. The molecule has 1 atom stereocenters. The standard InChI is InChI=1S/C28H28N4O6.HI/c33-25(34)16-7-19-1-10-22(11-2-19)28-29-31(23-12-3-20(4-13-23)8-17-26(35)36)32(30-28)24-14-5-21(6-15-24)9-18-27(37)38;/h1-6,10-15H,7-9,16-18H2,(H,29,30)(H,33,34)(H,35,36)(H,37,38);1H. The molecule has 1 aliphatic heterocycles. The molecule has 0 saturated heterocycles. The van der Waals surface area contributed by atoms with Crippen molar-refractivity contribution < 1.29 is 58.8 Å². The van der Waals surface area contributed by atoms with Crippen LogP contribution in [0.4, 0.5) is 11.4 Å². The quantitative estimate of drug-likeness (QED) is 0.167. The monoisotopic (exact) mass is 644 g/mol. The number of nitrogens with zero attached hydrogens (tertiary/aromatic N) is 2. The third kappa shape index (κ3) is 8.26. The van der Waals surface area contributed by atoms with Crippen LogP contribution in [0, 0.1) is 0 Å². The van der Waals surface area contributed by atoms with E-state index < -0.39 is 17.9 Å². The fourth-order valence-corrected chi connectivity index (χ4v) is 4.06. The number of halogens is 1. The molecular formula is C28H29IN4O6. The molecule has 4 rings (SSSR count). The number of hydrogen-bond donors (Lipinski definition) is 5. The van der Waals surface area contributed by atoms with Gasteiger partial charge in [-0.15, -0.1) is 0 Å². The van der Waals surface area contributed by atoms with Crippen LogP contribution < -0.4 is 39.6 Å². The highest BCUT2D eigenvalue weighted by atomic mass is 127. The van der Waals surface area contributed by atoms with E-state index >= 15 is 0 Å². The second-order valence-electron chi connectivity index (χ2n) is 8.97. The van der Waals surface area contributed by atoms with E-state index in [1.165, 1.54) is 0 Å². The van der Waals surface area contributed by atoms with Crippen LogP contribution in [0.25, 0.3) is 0 Å². The van der Waals surface area contributed by atoms with Gasteiger partial charge < -0.3 is 39.3 Å². The van der Waals surface area contributed by atoms with Crippen molar-refractivity contribution in [3.8, 4) is 0 Å². The number of hydrazine groups is 1. The van der Waals surface area contributed by atoms with Crippen molar-refractivity contribution in [3.05, 3.63) is 95.1 Å². The molecule has 3 aromatic carbocycles. The summed E-state index contributed by atoms with van der Waals surface area (Å²) in [5.74, 6) is -1.90. The first-order valence-electron chi connectivity index (χ1n) is 12.2. The van der Waals surface area contributed by atoms with E-state index in [1.807, 2.05) is 77.9 Å². The molecule has 0 saturated carbocycles. The van der Waals surface area contributed by atoms with Crippen molar-refractivity contribution in [1.29, 1.82) is 0 Å². The highest BCUT2D eigenvalue weighted by Gasteiger charge is 2.32. The maximum atomic E-state index is 10.9. The lowest BCUT2D eigenvalue weighted by Gasteiger charge is -2.22. The predicted molar refractivity (Wildman–Crippen MR) is 140 cm³/mol. The van der Waals surface area contributed by atoms with E-state index in [0.717, 1.165) is 33.6 Å². The summed E-state index contributed by atoms with van der Waals surface area (Å²) in [7, 11) is 0. The minimum atomic E-state index is -0.843. The highest BCUT2D eigenvalue weighted by molar-refractivity contribution is 5.99. The zero-order valence-electron chi connectivity index (χ0n) is 21.0. The fraction of sp³-hybridized carbons (Fsp3) is 0.214. The summed E-state index contributed by atoms with van der Waals surface area (Å²) in [6, 6.07) is 22.8. The number of hydrogen-bond acceptors (Lipinski definition) is 6. The second kappa shape index (κ2) is 13.7. The average molecular weight is 644 g/mol. The number of nitrogens with one attached hydrogen (secondary N) is 2. The third-order valence-corrected chi connectivity index (χ3v) is 6.16. The summed E-state index contributed by atoms with van der Waals surface area (Å²) in [6.45, 7) is 0. The number of carboxylic acids is 3. The number of quaternary nitrogens is 1. The molecule has 0 bridgehead atoms. The Bertz CT molecular complexity index is 1330. The predicted octanol–water partition coefficient (Wildman–Crippen LogP) is -0.440. The molecule has 5 N–H and O–H groups in total. The Morgan fingerprint density at radius 2 is 1.08 bits per heavy atom. The van der Waals surface area contributed by atoms with Gasteiger partial charge in [0.05, 0.1) is 0 Å². The maximum absolute atomic E-state index is 10.9. The minimum absolute atomic E-state index is 0. The Morgan fingerprint density at radius 1 is 0.667 bits per heavy atom. The number of carbonyl (C=O) groups is 3. The van der Waals surface area contributed by atoms with Gasteiger partial charge in [-0.1, -0.05) is 58.8 Å². The van der Waals surface area contributed by atoms with Crippen LogP contribution in [0.15, 0.2) is 77.9 Å². The summed E-state index contributed by atoms with van der Waals surface area (Å²) >= 11 is 0. The van der Waals surface area contributed by atoms with Crippen LogP contribution in [0.2, 0.25) is 0 Å². The molecule has 0 fully saturated rings. The SMILES string of the molecule is O=C(O)CCc1ccc(C2=N[NH+](c3ccc(CCC(=O)O)cc3)N(c3ccc(CCC(=O)O)cc3)N2)cc1.[I-]. The van der Waals surface area contributed by atoms with Crippen LogP contribution in [0.3, 0.4) is 0 Å². The number of anilines is 1. The van der Waals surface area contributed by atoms with Gasteiger partial charge in [0.2, 0.25) is 5.84 Å². The van der Waals surface area contributed by atoms with Crippen molar-refractivity contribution >= 4 is 35.1 Å². The van der Waals surface area contributed by atoms with Crippen LogP contribution in [-0.2, 0) is 33.6 Å². The highest BCUT2D eigenvalue weighted by Crippen LogP contribution is 2.18. The van der Waals surface area contributed by atoms with Crippen LogP contribution in [-0.4, -0.2) is 39.1 Å². The van der Waals surface area contributed by atoms with E-state index in [2.05, 4.69) is 5.43 Å². The molecular weight excluding hydrogens is 615 g/mol. The molecule has 3 aromatic rings. The largest absolute Gasteiger partial charge is 1.00 e. The van der Waals surface area contributed by atoms with Gasteiger partial charge in [0.1, 0.15) is 5.69 Å². The molecule has 0 aromatic heterocycles. The third-order valence-electron chi connectivity index (χ3n) is 6.16. The summed E-state index contributed by atoms with van der Waals surface area (Å²) in [5.41, 5.74) is 8.57. The number of rotatable bonds is 12. The number of carboxylic acid groups (broad SMARTS) is 3. The van der Waals surface area contributed by atoms with Crippen molar-refractivity contribution in [1.82, 2.24) is 5.43 Å². The zero-order valence-corrected chi connectivity index (χ0v) is 23.2. The molecule has 0 radical (unpaired) electrons. The number of amidine groups is 1. The Labute approximate surface area is 242 Å². The summed E-state index contributed by atoms with van der Waals surface area (Å²) < 4.78 is 0. The van der Waals surface area contributed by atoms with E-state index in [-0.39, 0.29) is 43.2 Å². The molecule has 1 unspecified atom stereocenters. The lowest BCUT2D eigenvalue weighted by molar-refractivity contribution is -0.846. The Kier molecular flexibility index (Phi) is 10.4. The van der Waals surface area contributed by atoms with Crippen LogP contribution >= 0.6 is 0 Å². The lowest BCUT2D eigenvalue weighted by atomic mass is 10.1. The topological polar surface area (TPSA) is 144 Å². The van der Waals surface area contributed by atoms with E-state index in [4.69, 9.17) is 20.4 Å². The van der Waals surface area contributed by atoms with Gasteiger partial charge in [-0.05, 0) is 53.2 Å². The van der Waals surface area contributed by atoms with Crippen LogP contribution in [0.1, 0.15) is 41.5 Å². The average Bonchev–Trinajstić information content (AvgIpc) is 3.36. The maximum Gasteiger partial charge on any atom is 0.303 e. The van der Waals surface area contributed by atoms with Crippen molar-refractivity contribution in [2.45, 2.75) is 38.5 Å². The van der Waals surface area contributed by atoms with Gasteiger partial charge >= 0.3 is 17.9 Å². The normalized spacial score (nSPS) is 14.2. The van der Waals surface area contributed by atoms with Gasteiger partial charge in [-0.3, -0.25) is 14.4 Å². The smallest absolute Gasteiger partial charge is 0.303 e. The second-order valence-corrected chi connectivity index (χ2v) is 8.97. The molecule has 0 amide bonds. The van der Waals surface area contributed by atoms with Crippen LogP contribution in [0.5, 0.6) is 0 Å². The summed E-state index contributed by atoms with van der Waals surface area (Å²) in [5, 5.41) is 34.2. The molecule has 0 aliphatic carbocycles. The molecule has 204 valence electrons. The Balaban J connectivity index is 0.00000420. The van der Waals surface area contributed by atoms with Gasteiger partial charge in [0.15, 0.2) is 5.69 Å². The summed E-state index contributed by atoms with van der Waals surface area (Å²) in [4.78, 5) is 32.7. The zero-order chi connectivity index (χ0) is 27.1. The van der Waals surface area contributed by atoms with Gasteiger partial charge in [0.25, 0.3) is 0 Å².